The minimum absolute atomic E-state index is 0.118. The number of nitrogens with one attached hydrogen (secondary N) is 3. The lowest BCUT2D eigenvalue weighted by atomic mass is 10.0. The number of alkyl carbamates (subject to hydrolysis) is 1. The molecule has 2 aromatic carbocycles. The van der Waals surface area contributed by atoms with Gasteiger partial charge in [0.25, 0.3) is 5.91 Å². The number of anilines is 1. The summed E-state index contributed by atoms with van der Waals surface area (Å²) in [5.41, 5.74) is 2.67. The van der Waals surface area contributed by atoms with Crippen LogP contribution in [-0.2, 0) is 20.8 Å². The Morgan fingerprint density at radius 1 is 1.14 bits per heavy atom. The van der Waals surface area contributed by atoms with Gasteiger partial charge in [0.15, 0.2) is 0 Å². The highest BCUT2D eigenvalue weighted by Crippen LogP contribution is 2.31. The number of nitrogens with zero attached hydrogens (tertiary/aromatic N) is 3. The van der Waals surface area contributed by atoms with Gasteiger partial charge in [0.2, 0.25) is 11.9 Å². The summed E-state index contributed by atoms with van der Waals surface area (Å²) in [5, 5.41) is 9.40. The molecule has 0 spiro atoms. The summed E-state index contributed by atoms with van der Waals surface area (Å²) in [6.45, 7) is 6.98. The maximum Gasteiger partial charge on any atom is 0.407 e. The Morgan fingerprint density at radius 2 is 1.89 bits per heavy atom. The SMILES string of the molecule is CC(C)(C)OC(=O)NC[C@@H](NC(=O)CN1Cc2ccc(-c3nc(NC4CCOCC4)ncc3Cl)cc2C1=O)c1ccccc1. The molecule has 3 heterocycles. The van der Waals surface area contributed by atoms with Crippen LogP contribution in [-0.4, -0.2) is 70.7 Å². The van der Waals surface area contributed by atoms with E-state index in [1.165, 1.54) is 4.90 Å². The number of ether oxygens (including phenoxy) is 2. The Hall–Kier alpha value is -4.22. The first kappa shape index (κ1) is 31.2. The fourth-order valence-electron chi connectivity index (χ4n) is 5.15. The van der Waals surface area contributed by atoms with Crippen molar-refractivity contribution in [2.24, 2.45) is 0 Å². The van der Waals surface area contributed by atoms with Crippen LogP contribution in [0.1, 0.15) is 61.1 Å². The summed E-state index contributed by atoms with van der Waals surface area (Å²) < 4.78 is 10.8. The summed E-state index contributed by atoms with van der Waals surface area (Å²) in [4.78, 5) is 49.3. The number of fused-ring (bicyclic) bond motifs is 1. The van der Waals surface area contributed by atoms with Crippen LogP contribution in [0.3, 0.4) is 0 Å². The van der Waals surface area contributed by atoms with Gasteiger partial charge in [-0.15, -0.1) is 0 Å². The maximum absolute atomic E-state index is 13.4. The molecule has 0 radical (unpaired) electrons. The monoisotopic (exact) mass is 620 g/mol. The Bertz CT molecular complexity index is 1510. The number of carbonyl (C=O) groups is 3. The standard InChI is InChI=1S/C32H37ClN6O5/c1-32(2,3)44-31(42)35-17-26(20-7-5-4-6-8-20)37-27(40)19-39-18-22-10-9-21(15-24(22)29(39)41)28-25(33)16-34-30(38-28)36-23-11-13-43-14-12-23/h4-10,15-16,23,26H,11-14,17-19H2,1-3H3,(H,35,42)(H,37,40)(H,34,36,38)/t26-/m1/s1. The van der Waals surface area contributed by atoms with E-state index in [9.17, 15) is 14.4 Å². The van der Waals surface area contributed by atoms with Crippen LogP contribution in [0.5, 0.6) is 0 Å². The molecule has 3 amide bonds. The minimum atomic E-state index is -0.649. The van der Waals surface area contributed by atoms with E-state index in [1.807, 2.05) is 42.5 Å². The number of amides is 3. The molecule has 44 heavy (non-hydrogen) atoms. The van der Waals surface area contributed by atoms with Crippen LogP contribution in [0.4, 0.5) is 10.7 Å². The van der Waals surface area contributed by atoms with Gasteiger partial charge in [-0.3, -0.25) is 9.59 Å². The van der Waals surface area contributed by atoms with E-state index in [1.54, 1.807) is 33.0 Å². The first-order valence-electron chi connectivity index (χ1n) is 14.7. The molecule has 1 aromatic heterocycles. The van der Waals surface area contributed by atoms with Crippen molar-refractivity contribution in [1.29, 1.82) is 0 Å². The van der Waals surface area contributed by atoms with Crippen LogP contribution >= 0.6 is 11.6 Å². The third-order valence-corrected chi connectivity index (χ3v) is 7.56. The highest BCUT2D eigenvalue weighted by atomic mass is 35.5. The predicted octanol–water partition coefficient (Wildman–Crippen LogP) is 4.73. The molecule has 1 saturated heterocycles. The molecule has 12 heteroatoms. The number of rotatable bonds is 9. The molecule has 3 aromatic rings. The lowest BCUT2D eigenvalue weighted by molar-refractivity contribution is -0.122. The highest BCUT2D eigenvalue weighted by molar-refractivity contribution is 6.33. The van der Waals surface area contributed by atoms with Gasteiger partial charge in [0.05, 0.1) is 23.0 Å². The summed E-state index contributed by atoms with van der Waals surface area (Å²) in [6.07, 6.45) is 2.70. The molecule has 1 atom stereocenters. The summed E-state index contributed by atoms with van der Waals surface area (Å²) in [7, 11) is 0. The van der Waals surface area contributed by atoms with Gasteiger partial charge in [-0.25, -0.2) is 14.8 Å². The lowest BCUT2D eigenvalue weighted by Crippen LogP contribution is -2.43. The molecule has 1 fully saturated rings. The molecular weight excluding hydrogens is 584 g/mol. The second-order valence-electron chi connectivity index (χ2n) is 11.9. The average molecular weight is 621 g/mol. The van der Waals surface area contributed by atoms with E-state index in [2.05, 4.69) is 25.9 Å². The normalized spacial score (nSPS) is 15.8. The van der Waals surface area contributed by atoms with Crippen molar-refractivity contribution in [3.8, 4) is 11.3 Å². The molecule has 2 aliphatic heterocycles. The van der Waals surface area contributed by atoms with Crippen LogP contribution in [0.2, 0.25) is 5.02 Å². The second-order valence-corrected chi connectivity index (χ2v) is 12.3. The molecular formula is C32H37ClN6O5. The number of hydrogen-bond acceptors (Lipinski definition) is 8. The summed E-state index contributed by atoms with van der Waals surface area (Å²) >= 11 is 6.48. The maximum atomic E-state index is 13.4. The van der Waals surface area contributed by atoms with Gasteiger partial charge in [0, 0.05) is 43.5 Å². The van der Waals surface area contributed by atoms with Gasteiger partial charge >= 0.3 is 6.09 Å². The number of benzene rings is 2. The van der Waals surface area contributed by atoms with E-state index in [4.69, 9.17) is 21.1 Å². The zero-order valence-electron chi connectivity index (χ0n) is 25.1. The highest BCUT2D eigenvalue weighted by Gasteiger charge is 2.30. The lowest BCUT2D eigenvalue weighted by Gasteiger charge is -2.24. The van der Waals surface area contributed by atoms with Crippen molar-refractivity contribution in [2.45, 2.75) is 57.8 Å². The number of carbonyl (C=O) groups excluding carboxylic acids is 3. The topological polar surface area (TPSA) is 135 Å². The van der Waals surface area contributed by atoms with E-state index in [-0.39, 0.29) is 30.9 Å². The fourth-order valence-corrected chi connectivity index (χ4v) is 5.35. The van der Waals surface area contributed by atoms with Crippen molar-refractivity contribution in [1.82, 2.24) is 25.5 Å². The smallest absolute Gasteiger partial charge is 0.407 e. The van der Waals surface area contributed by atoms with Crippen molar-refractivity contribution >= 4 is 35.5 Å². The van der Waals surface area contributed by atoms with E-state index in [0.29, 0.717) is 47.6 Å². The quantitative estimate of drug-likeness (QED) is 0.313. The first-order chi connectivity index (χ1) is 21.1. The molecule has 0 saturated carbocycles. The Balaban J connectivity index is 1.24. The minimum Gasteiger partial charge on any atom is -0.444 e. The zero-order valence-corrected chi connectivity index (χ0v) is 25.8. The molecule has 0 aliphatic carbocycles. The van der Waals surface area contributed by atoms with Crippen LogP contribution in [0.25, 0.3) is 11.3 Å². The Morgan fingerprint density at radius 3 is 2.61 bits per heavy atom. The van der Waals surface area contributed by atoms with Crippen molar-refractivity contribution in [2.75, 3.05) is 31.6 Å². The van der Waals surface area contributed by atoms with Gasteiger partial charge in [0.1, 0.15) is 12.1 Å². The van der Waals surface area contributed by atoms with Crippen LogP contribution in [0, 0.1) is 0 Å². The van der Waals surface area contributed by atoms with E-state index >= 15 is 0 Å². The number of aromatic nitrogens is 2. The molecule has 0 bridgehead atoms. The van der Waals surface area contributed by atoms with Gasteiger partial charge in [-0.1, -0.05) is 54.1 Å². The molecule has 232 valence electrons. The summed E-state index contributed by atoms with van der Waals surface area (Å²) in [6, 6.07) is 14.5. The Labute approximate surface area is 261 Å². The predicted molar refractivity (Wildman–Crippen MR) is 166 cm³/mol. The molecule has 0 unspecified atom stereocenters. The van der Waals surface area contributed by atoms with Crippen molar-refractivity contribution < 1.29 is 23.9 Å². The average Bonchev–Trinajstić information content (AvgIpc) is 3.30. The Kier molecular flexibility index (Phi) is 9.65. The molecule has 3 N–H and O–H groups in total. The van der Waals surface area contributed by atoms with Crippen LogP contribution < -0.4 is 16.0 Å². The van der Waals surface area contributed by atoms with Crippen LogP contribution in [0.15, 0.2) is 54.7 Å². The summed E-state index contributed by atoms with van der Waals surface area (Å²) in [5.74, 6) is -0.143. The zero-order chi connectivity index (χ0) is 31.3. The fraction of sp³-hybridized carbons (Fsp3) is 0.406. The van der Waals surface area contributed by atoms with Gasteiger partial charge in [-0.05, 0) is 50.8 Å². The van der Waals surface area contributed by atoms with Crippen molar-refractivity contribution in [3.63, 3.8) is 0 Å². The van der Waals surface area contributed by atoms with Gasteiger partial charge in [-0.2, -0.15) is 0 Å². The third kappa shape index (κ3) is 8.03. The van der Waals surface area contributed by atoms with Gasteiger partial charge < -0.3 is 30.3 Å². The third-order valence-electron chi connectivity index (χ3n) is 7.28. The van der Waals surface area contributed by atoms with Crippen molar-refractivity contribution in [3.05, 3.63) is 76.4 Å². The van der Waals surface area contributed by atoms with E-state index in [0.717, 1.165) is 24.0 Å². The molecule has 11 nitrogen and oxygen atoms in total. The number of halogens is 1. The van der Waals surface area contributed by atoms with E-state index < -0.39 is 17.7 Å². The largest absolute Gasteiger partial charge is 0.444 e. The number of hydrogen-bond donors (Lipinski definition) is 3. The first-order valence-corrected chi connectivity index (χ1v) is 15.0. The second kappa shape index (κ2) is 13.6. The molecule has 5 rings (SSSR count). The molecule has 2 aliphatic rings.